The molecule has 0 N–H and O–H groups in total. The number of allylic oxidation sites excluding steroid dienone is 1. The quantitative estimate of drug-likeness (QED) is 0.268. The van der Waals surface area contributed by atoms with Crippen LogP contribution in [0.15, 0.2) is 78.9 Å². The van der Waals surface area contributed by atoms with Gasteiger partial charge in [-0.05, 0) is 56.0 Å². The van der Waals surface area contributed by atoms with Gasteiger partial charge in [-0.2, -0.15) is 0 Å². The molecule has 0 saturated heterocycles. The maximum absolute atomic E-state index is 7.25. The molecule has 0 bridgehead atoms. The van der Waals surface area contributed by atoms with Crippen LogP contribution in [0.4, 0.5) is 0 Å². The lowest BCUT2D eigenvalue weighted by atomic mass is 9.68. The third-order valence-electron chi connectivity index (χ3n) is 8.55. The van der Waals surface area contributed by atoms with E-state index in [1.807, 2.05) is 0 Å². The van der Waals surface area contributed by atoms with Gasteiger partial charge in [0, 0.05) is 28.2 Å². The highest BCUT2D eigenvalue weighted by atomic mass is 16.5. The van der Waals surface area contributed by atoms with Gasteiger partial charge in [-0.3, -0.25) is 0 Å². The molecule has 4 aromatic carbocycles. The number of para-hydroxylation sites is 1. The maximum Gasteiger partial charge on any atom is 0.187 e. The standard InChI is InChI=1S/C33H26O/c1-18-20-12-9-13-22-25-17-19(32(2,3)4)16-24-21-10-5-7-14-26(21)33(30(24)25)31(29(20)22)28(18)23-11-6-8-15-27(23)34-33/h5-18H,1-4H3. The normalized spacial score (nSPS) is 22.1. The molecule has 1 heteroatoms. The highest BCUT2D eigenvalue weighted by Crippen LogP contribution is 2.70. The van der Waals surface area contributed by atoms with Crippen LogP contribution in [0.1, 0.15) is 67.0 Å². The fourth-order valence-corrected chi connectivity index (χ4v) is 7.07. The molecule has 1 nitrogen and oxygen atoms in total. The Hall–Kier alpha value is -3.58. The molecule has 0 saturated carbocycles. The van der Waals surface area contributed by atoms with Crippen LogP contribution in [-0.2, 0) is 11.0 Å². The molecule has 4 aromatic rings. The molecular formula is C33H26O. The van der Waals surface area contributed by atoms with Crippen molar-refractivity contribution in [2.75, 3.05) is 0 Å². The van der Waals surface area contributed by atoms with Crippen LogP contribution in [-0.4, -0.2) is 0 Å². The lowest BCUT2D eigenvalue weighted by Gasteiger charge is -2.43. The minimum absolute atomic E-state index is 0.0583. The fourth-order valence-electron chi connectivity index (χ4n) is 7.07. The molecule has 0 aromatic heterocycles. The van der Waals surface area contributed by atoms with Gasteiger partial charge < -0.3 is 4.74 Å². The molecule has 1 aliphatic heterocycles. The number of benzene rings is 4. The first-order valence-corrected chi connectivity index (χ1v) is 12.4. The third kappa shape index (κ3) is 1.92. The van der Waals surface area contributed by atoms with Crippen LogP contribution in [0, 0.1) is 0 Å². The third-order valence-corrected chi connectivity index (χ3v) is 8.55. The number of hydrogen-bond acceptors (Lipinski definition) is 1. The van der Waals surface area contributed by atoms with Crippen LogP contribution in [0.2, 0.25) is 0 Å². The van der Waals surface area contributed by atoms with E-state index in [1.165, 1.54) is 66.8 Å². The van der Waals surface area contributed by atoms with E-state index in [1.54, 1.807) is 0 Å². The Labute approximate surface area is 200 Å². The summed E-state index contributed by atoms with van der Waals surface area (Å²) in [5.74, 6) is 1.33. The first kappa shape index (κ1) is 18.8. The molecule has 0 amide bonds. The van der Waals surface area contributed by atoms with Crippen molar-refractivity contribution in [3.63, 3.8) is 0 Å². The summed E-state index contributed by atoms with van der Waals surface area (Å²) >= 11 is 0. The van der Waals surface area contributed by atoms with E-state index in [-0.39, 0.29) is 5.41 Å². The van der Waals surface area contributed by atoms with E-state index in [4.69, 9.17) is 4.74 Å². The molecular weight excluding hydrogens is 412 g/mol. The average Bonchev–Trinajstić information content (AvgIpc) is 3.30. The summed E-state index contributed by atoms with van der Waals surface area (Å²) in [6, 6.07) is 29.4. The van der Waals surface area contributed by atoms with Gasteiger partial charge in [0.15, 0.2) is 5.60 Å². The van der Waals surface area contributed by atoms with Crippen LogP contribution < -0.4 is 4.74 Å². The van der Waals surface area contributed by atoms with Gasteiger partial charge in [-0.25, -0.2) is 0 Å². The van der Waals surface area contributed by atoms with Crippen molar-refractivity contribution in [1.29, 1.82) is 0 Å². The summed E-state index contributed by atoms with van der Waals surface area (Å²) in [4.78, 5) is 0. The molecule has 0 radical (unpaired) electrons. The Morgan fingerprint density at radius 2 is 1.41 bits per heavy atom. The van der Waals surface area contributed by atoms with Crippen molar-refractivity contribution < 1.29 is 4.74 Å². The smallest absolute Gasteiger partial charge is 0.187 e. The Bertz CT molecular complexity index is 1630. The zero-order valence-corrected chi connectivity index (χ0v) is 20.0. The van der Waals surface area contributed by atoms with Crippen molar-refractivity contribution in [1.82, 2.24) is 0 Å². The van der Waals surface area contributed by atoms with Crippen molar-refractivity contribution in [3.05, 3.63) is 112 Å². The van der Waals surface area contributed by atoms with Gasteiger partial charge in [0.05, 0.1) is 0 Å². The molecule has 164 valence electrons. The van der Waals surface area contributed by atoms with E-state index in [0.717, 1.165) is 5.75 Å². The second-order valence-electron chi connectivity index (χ2n) is 11.3. The van der Waals surface area contributed by atoms with E-state index in [2.05, 4.69) is 107 Å². The lowest BCUT2D eigenvalue weighted by molar-refractivity contribution is 0.176. The van der Waals surface area contributed by atoms with E-state index in [9.17, 15) is 0 Å². The predicted molar refractivity (Wildman–Crippen MR) is 139 cm³/mol. The van der Waals surface area contributed by atoms with Crippen molar-refractivity contribution in [2.24, 2.45) is 0 Å². The van der Waals surface area contributed by atoms with Crippen LogP contribution >= 0.6 is 0 Å². The van der Waals surface area contributed by atoms with E-state index >= 15 is 0 Å². The first-order chi connectivity index (χ1) is 16.4. The molecule has 1 heterocycles. The monoisotopic (exact) mass is 438 g/mol. The minimum Gasteiger partial charge on any atom is -0.472 e. The molecule has 2 atom stereocenters. The average molecular weight is 439 g/mol. The summed E-state index contributed by atoms with van der Waals surface area (Å²) in [5.41, 5.74) is 15.7. The molecule has 34 heavy (non-hydrogen) atoms. The molecule has 4 aliphatic rings. The molecule has 2 unspecified atom stereocenters. The van der Waals surface area contributed by atoms with Gasteiger partial charge in [-0.15, -0.1) is 0 Å². The SMILES string of the molecule is CC1C2=C3c4c(cccc41)-c1cc(C(C)(C)C)cc4c1C3(Oc1ccccc12)c1ccccc1-4. The Morgan fingerprint density at radius 3 is 2.21 bits per heavy atom. The summed E-state index contributed by atoms with van der Waals surface area (Å²) in [6.45, 7) is 9.32. The summed E-state index contributed by atoms with van der Waals surface area (Å²) in [6.07, 6.45) is 0. The first-order valence-electron chi connectivity index (χ1n) is 12.4. The Kier molecular flexibility index (Phi) is 3.17. The molecule has 0 fully saturated rings. The van der Waals surface area contributed by atoms with Gasteiger partial charge in [-0.1, -0.05) is 100 Å². The minimum atomic E-state index is -0.588. The summed E-state index contributed by atoms with van der Waals surface area (Å²) in [5, 5.41) is 0. The second kappa shape index (κ2) is 5.73. The van der Waals surface area contributed by atoms with Crippen molar-refractivity contribution in [2.45, 2.75) is 44.6 Å². The maximum atomic E-state index is 7.25. The van der Waals surface area contributed by atoms with Crippen LogP contribution in [0.25, 0.3) is 33.4 Å². The topological polar surface area (TPSA) is 9.23 Å². The zero-order chi connectivity index (χ0) is 23.0. The summed E-state index contributed by atoms with van der Waals surface area (Å²) in [7, 11) is 0. The van der Waals surface area contributed by atoms with Gasteiger partial charge in [0.2, 0.25) is 0 Å². The van der Waals surface area contributed by atoms with Crippen molar-refractivity contribution in [3.8, 4) is 28.0 Å². The fraction of sp³-hybridized carbons (Fsp3) is 0.212. The zero-order valence-electron chi connectivity index (χ0n) is 20.0. The molecule has 3 aliphatic carbocycles. The van der Waals surface area contributed by atoms with E-state index in [0.29, 0.717) is 5.92 Å². The number of ether oxygens (including phenoxy) is 1. The molecule has 1 spiro atoms. The highest BCUT2D eigenvalue weighted by Gasteiger charge is 2.59. The Balaban J connectivity index is 1.63. The number of fused-ring (bicyclic) bond motifs is 5. The van der Waals surface area contributed by atoms with E-state index < -0.39 is 5.60 Å². The van der Waals surface area contributed by atoms with Gasteiger partial charge >= 0.3 is 0 Å². The lowest BCUT2D eigenvalue weighted by Crippen LogP contribution is -2.39. The van der Waals surface area contributed by atoms with Crippen LogP contribution in [0.3, 0.4) is 0 Å². The predicted octanol–water partition coefficient (Wildman–Crippen LogP) is 8.31. The van der Waals surface area contributed by atoms with Gasteiger partial charge in [0.1, 0.15) is 5.75 Å². The Morgan fingerprint density at radius 1 is 0.735 bits per heavy atom. The molecule has 8 rings (SSSR count). The second-order valence-corrected chi connectivity index (χ2v) is 11.3. The largest absolute Gasteiger partial charge is 0.472 e. The van der Waals surface area contributed by atoms with Gasteiger partial charge in [0.25, 0.3) is 0 Å². The van der Waals surface area contributed by atoms with Crippen molar-refractivity contribution >= 4 is 11.1 Å². The highest BCUT2D eigenvalue weighted by molar-refractivity contribution is 6.15. The van der Waals surface area contributed by atoms with Crippen LogP contribution in [0.5, 0.6) is 5.75 Å². The summed E-state index contributed by atoms with van der Waals surface area (Å²) < 4.78 is 7.25. The number of hydrogen-bond donors (Lipinski definition) is 0. The number of rotatable bonds is 0.